The van der Waals surface area contributed by atoms with Crippen LogP contribution in [-0.4, -0.2) is 59.4 Å². The zero-order valence-corrected chi connectivity index (χ0v) is 16.1. The molecular weight excluding hydrogens is 368 g/mol. The molecule has 0 bridgehead atoms. The minimum atomic E-state index is -3.67. The van der Waals surface area contributed by atoms with Gasteiger partial charge in [0.25, 0.3) is 0 Å². The predicted molar refractivity (Wildman–Crippen MR) is 102 cm³/mol. The van der Waals surface area contributed by atoms with Crippen LogP contribution in [0.1, 0.15) is 10.4 Å². The molecule has 0 saturated carbocycles. The molecule has 8 heteroatoms. The van der Waals surface area contributed by atoms with Gasteiger partial charge in [0.15, 0.2) is 0 Å². The standard InChI is InChI=1S/C19H22N2O5S/c1-25-17-7-8-19(18(13-17)26-2)27(23,24)21-11-9-20(10-12-21)16-5-3-15(14-22)4-6-16/h3-8,13-14H,9-12H2,1-2H3. The Morgan fingerprint density at radius 1 is 0.926 bits per heavy atom. The normalized spacial score (nSPS) is 15.4. The van der Waals surface area contributed by atoms with E-state index in [9.17, 15) is 13.2 Å². The third-order valence-corrected chi connectivity index (χ3v) is 6.56. The summed E-state index contributed by atoms with van der Waals surface area (Å²) in [5.74, 6) is 0.802. The fourth-order valence-corrected chi connectivity index (χ4v) is 4.64. The smallest absolute Gasteiger partial charge is 0.246 e. The van der Waals surface area contributed by atoms with E-state index >= 15 is 0 Å². The van der Waals surface area contributed by atoms with Crippen LogP contribution in [-0.2, 0) is 10.0 Å². The van der Waals surface area contributed by atoms with E-state index in [4.69, 9.17) is 9.47 Å². The van der Waals surface area contributed by atoms with Crippen molar-refractivity contribution >= 4 is 22.0 Å². The summed E-state index contributed by atoms with van der Waals surface area (Å²) in [6.07, 6.45) is 0.802. The van der Waals surface area contributed by atoms with Crippen molar-refractivity contribution in [3.63, 3.8) is 0 Å². The van der Waals surface area contributed by atoms with Crippen LogP contribution in [0.3, 0.4) is 0 Å². The highest BCUT2D eigenvalue weighted by Crippen LogP contribution is 2.31. The maximum atomic E-state index is 13.0. The first-order valence-corrected chi connectivity index (χ1v) is 9.96. The van der Waals surface area contributed by atoms with Gasteiger partial charge in [0, 0.05) is 43.5 Å². The molecule has 0 aromatic heterocycles. The lowest BCUT2D eigenvalue weighted by molar-refractivity contribution is 0.112. The van der Waals surface area contributed by atoms with Crippen molar-refractivity contribution in [2.24, 2.45) is 0 Å². The largest absolute Gasteiger partial charge is 0.497 e. The van der Waals surface area contributed by atoms with Crippen LogP contribution in [0.15, 0.2) is 47.4 Å². The van der Waals surface area contributed by atoms with Gasteiger partial charge in [-0.1, -0.05) is 0 Å². The summed E-state index contributed by atoms with van der Waals surface area (Å²) in [7, 11) is -0.709. The monoisotopic (exact) mass is 390 g/mol. The highest BCUT2D eigenvalue weighted by Gasteiger charge is 2.31. The van der Waals surface area contributed by atoms with Gasteiger partial charge in [0.05, 0.1) is 14.2 Å². The van der Waals surface area contributed by atoms with Crippen molar-refractivity contribution in [1.29, 1.82) is 0 Å². The topological polar surface area (TPSA) is 76.2 Å². The van der Waals surface area contributed by atoms with Crippen molar-refractivity contribution in [3.8, 4) is 11.5 Å². The molecular formula is C19H22N2O5S. The molecule has 144 valence electrons. The third kappa shape index (κ3) is 3.91. The molecule has 1 fully saturated rings. The molecule has 27 heavy (non-hydrogen) atoms. The van der Waals surface area contributed by atoms with Crippen molar-refractivity contribution in [3.05, 3.63) is 48.0 Å². The van der Waals surface area contributed by atoms with E-state index in [2.05, 4.69) is 4.90 Å². The van der Waals surface area contributed by atoms with Crippen molar-refractivity contribution < 1.29 is 22.7 Å². The lowest BCUT2D eigenvalue weighted by Gasteiger charge is -2.35. The summed E-state index contributed by atoms with van der Waals surface area (Å²) in [5, 5.41) is 0. The molecule has 0 N–H and O–H groups in total. The molecule has 0 aliphatic carbocycles. The van der Waals surface area contributed by atoms with Crippen molar-refractivity contribution in [1.82, 2.24) is 4.31 Å². The molecule has 0 amide bonds. The van der Waals surface area contributed by atoms with Gasteiger partial charge in [-0.25, -0.2) is 8.42 Å². The Kier molecular flexibility index (Phi) is 5.67. The zero-order chi connectivity index (χ0) is 19.4. The number of aldehydes is 1. The van der Waals surface area contributed by atoms with Crippen molar-refractivity contribution in [2.45, 2.75) is 4.90 Å². The fraction of sp³-hybridized carbons (Fsp3) is 0.316. The van der Waals surface area contributed by atoms with Crippen LogP contribution in [0.5, 0.6) is 11.5 Å². The Bertz CT molecular complexity index is 904. The summed E-state index contributed by atoms with van der Waals surface area (Å²) >= 11 is 0. The Hall–Kier alpha value is -2.58. The van der Waals surface area contributed by atoms with Gasteiger partial charge in [-0.15, -0.1) is 0 Å². The maximum absolute atomic E-state index is 13.0. The maximum Gasteiger partial charge on any atom is 0.246 e. The molecule has 0 spiro atoms. The van der Waals surface area contributed by atoms with Gasteiger partial charge in [-0.3, -0.25) is 4.79 Å². The number of hydrogen-bond donors (Lipinski definition) is 0. The number of ether oxygens (including phenoxy) is 2. The minimum absolute atomic E-state index is 0.134. The summed E-state index contributed by atoms with van der Waals surface area (Å²) < 4.78 is 37.9. The number of nitrogens with zero attached hydrogens (tertiary/aromatic N) is 2. The van der Waals surface area contributed by atoms with Gasteiger partial charge < -0.3 is 14.4 Å². The summed E-state index contributed by atoms with van der Waals surface area (Å²) in [4.78, 5) is 13.0. The molecule has 0 unspecified atom stereocenters. The Morgan fingerprint density at radius 3 is 2.15 bits per heavy atom. The van der Waals surface area contributed by atoms with E-state index in [-0.39, 0.29) is 10.6 Å². The number of benzene rings is 2. The van der Waals surface area contributed by atoms with Gasteiger partial charge in [-0.05, 0) is 36.4 Å². The van der Waals surface area contributed by atoms with Gasteiger partial charge >= 0.3 is 0 Å². The number of carbonyl (C=O) groups excluding carboxylic acids is 1. The second-order valence-corrected chi connectivity index (χ2v) is 8.02. The van der Waals surface area contributed by atoms with E-state index in [1.165, 1.54) is 24.6 Å². The number of hydrogen-bond acceptors (Lipinski definition) is 6. The van der Waals surface area contributed by atoms with Crippen LogP contribution in [0.25, 0.3) is 0 Å². The van der Waals surface area contributed by atoms with E-state index in [1.54, 1.807) is 24.3 Å². The molecule has 1 heterocycles. The molecule has 1 aliphatic heterocycles. The lowest BCUT2D eigenvalue weighted by atomic mass is 10.2. The average molecular weight is 390 g/mol. The Balaban J connectivity index is 1.75. The fourth-order valence-electron chi connectivity index (χ4n) is 3.08. The molecule has 0 atom stereocenters. The summed E-state index contributed by atoms with van der Waals surface area (Å²) in [6.45, 7) is 1.87. The number of rotatable bonds is 6. The minimum Gasteiger partial charge on any atom is -0.497 e. The zero-order valence-electron chi connectivity index (χ0n) is 15.3. The molecule has 1 saturated heterocycles. The van der Waals surface area contributed by atoms with E-state index in [0.29, 0.717) is 37.5 Å². The summed E-state index contributed by atoms with van der Waals surface area (Å²) in [5.41, 5.74) is 1.59. The van der Waals surface area contributed by atoms with Gasteiger partial charge in [-0.2, -0.15) is 4.31 Å². The predicted octanol–water partition coefficient (Wildman–Crippen LogP) is 2.03. The van der Waals surface area contributed by atoms with Crippen molar-refractivity contribution in [2.75, 3.05) is 45.3 Å². The van der Waals surface area contributed by atoms with Crippen LogP contribution in [0.4, 0.5) is 5.69 Å². The number of carbonyl (C=O) groups is 1. The number of anilines is 1. The third-order valence-electron chi connectivity index (χ3n) is 4.62. The number of piperazine rings is 1. The lowest BCUT2D eigenvalue weighted by Crippen LogP contribution is -2.48. The van der Waals surface area contributed by atoms with Crippen LogP contribution < -0.4 is 14.4 Å². The van der Waals surface area contributed by atoms with Crippen LogP contribution in [0, 0.1) is 0 Å². The number of sulfonamides is 1. The highest BCUT2D eigenvalue weighted by molar-refractivity contribution is 7.89. The Morgan fingerprint density at radius 2 is 1.59 bits per heavy atom. The first-order valence-electron chi connectivity index (χ1n) is 8.52. The van der Waals surface area contributed by atoms with Crippen LogP contribution in [0.2, 0.25) is 0 Å². The second-order valence-electron chi connectivity index (χ2n) is 6.12. The van der Waals surface area contributed by atoms with Gasteiger partial charge in [0.1, 0.15) is 22.7 Å². The average Bonchev–Trinajstić information content (AvgIpc) is 2.73. The van der Waals surface area contributed by atoms with Gasteiger partial charge in [0.2, 0.25) is 10.0 Å². The first kappa shape index (κ1) is 19.2. The first-order chi connectivity index (χ1) is 13.0. The highest BCUT2D eigenvalue weighted by atomic mass is 32.2. The second kappa shape index (κ2) is 7.98. The quantitative estimate of drug-likeness (QED) is 0.703. The molecule has 3 rings (SSSR count). The molecule has 1 aliphatic rings. The molecule has 2 aromatic carbocycles. The van der Waals surface area contributed by atoms with E-state index in [0.717, 1.165) is 12.0 Å². The Labute approximate surface area is 159 Å². The van der Waals surface area contributed by atoms with E-state index < -0.39 is 10.0 Å². The number of methoxy groups -OCH3 is 2. The van der Waals surface area contributed by atoms with E-state index in [1.807, 2.05) is 12.1 Å². The SMILES string of the molecule is COc1ccc(S(=O)(=O)N2CCN(c3ccc(C=O)cc3)CC2)c(OC)c1. The molecule has 7 nitrogen and oxygen atoms in total. The molecule has 0 radical (unpaired) electrons. The molecule has 2 aromatic rings. The summed E-state index contributed by atoms with van der Waals surface area (Å²) in [6, 6.07) is 12.0. The van der Waals surface area contributed by atoms with Crippen LogP contribution >= 0.6 is 0 Å².